The van der Waals surface area contributed by atoms with Gasteiger partial charge in [0.05, 0.1) is 23.8 Å². The molecule has 1 aliphatic heterocycles. The molecule has 118 valence electrons. The van der Waals surface area contributed by atoms with Gasteiger partial charge in [-0.25, -0.2) is 8.42 Å². The van der Waals surface area contributed by atoms with Crippen LogP contribution in [0.3, 0.4) is 0 Å². The molecule has 1 fully saturated rings. The van der Waals surface area contributed by atoms with Crippen LogP contribution in [0.25, 0.3) is 0 Å². The van der Waals surface area contributed by atoms with Gasteiger partial charge in [0.1, 0.15) is 5.75 Å². The SMILES string of the molecule is CNC(CC1CCS(=O)(=O)C1)c1cncc(OC(C)C)c1. The van der Waals surface area contributed by atoms with Crippen LogP contribution in [0.4, 0.5) is 0 Å². The summed E-state index contributed by atoms with van der Waals surface area (Å²) >= 11 is 0. The monoisotopic (exact) mass is 312 g/mol. The maximum Gasteiger partial charge on any atom is 0.150 e. The zero-order chi connectivity index (χ0) is 15.5. The Morgan fingerprint density at radius 2 is 2.19 bits per heavy atom. The number of rotatable bonds is 6. The molecular formula is C15H24N2O3S. The summed E-state index contributed by atoms with van der Waals surface area (Å²) in [5, 5.41) is 3.26. The molecule has 1 aromatic heterocycles. The number of ether oxygens (including phenoxy) is 1. The highest BCUT2D eigenvalue weighted by Crippen LogP contribution is 2.29. The van der Waals surface area contributed by atoms with Gasteiger partial charge in [-0.3, -0.25) is 4.98 Å². The molecule has 0 radical (unpaired) electrons. The summed E-state index contributed by atoms with van der Waals surface area (Å²) in [4.78, 5) is 4.23. The molecule has 2 atom stereocenters. The minimum atomic E-state index is -2.82. The first kappa shape index (κ1) is 16.2. The summed E-state index contributed by atoms with van der Waals surface area (Å²) in [7, 11) is -0.931. The van der Waals surface area contributed by atoms with Gasteiger partial charge in [-0.2, -0.15) is 0 Å². The Bertz CT molecular complexity index is 572. The van der Waals surface area contributed by atoms with Crippen LogP contribution >= 0.6 is 0 Å². The molecule has 1 aliphatic rings. The van der Waals surface area contributed by atoms with Gasteiger partial charge in [0.15, 0.2) is 9.84 Å². The Kier molecular flexibility index (Phi) is 5.22. The predicted molar refractivity (Wildman–Crippen MR) is 83.2 cm³/mol. The predicted octanol–water partition coefficient (Wildman–Crippen LogP) is 1.95. The summed E-state index contributed by atoms with van der Waals surface area (Å²) in [5.74, 6) is 1.60. The number of hydrogen-bond donors (Lipinski definition) is 1. The molecule has 0 aliphatic carbocycles. The first-order chi connectivity index (χ1) is 9.89. The Balaban J connectivity index is 2.07. The van der Waals surface area contributed by atoms with Gasteiger partial charge in [0, 0.05) is 12.2 Å². The number of sulfone groups is 1. The van der Waals surface area contributed by atoms with Crippen molar-refractivity contribution in [2.75, 3.05) is 18.6 Å². The van der Waals surface area contributed by atoms with E-state index in [2.05, 4.69) is 10.3 Å². The number of nitrogens with one attached hydrogen (secondary N) is 1. The zero-order valence-corrected chi connectivity index (χ0v) is 13.7. The highest BCUT2D eigenvalue weighted by molar-refractivity contribution is 7.91. The minimum Gasteiger partial charge on any atom is -0.489 e. The lowest BCUT2D eigenvalue weighted by molar-refractivity contribution is 0.241. The second-order valence-electron chi connectivity index (χ2n) is 5.97. The van der Waals surface area contributed by atoms with Gasteiger partial charge in [-0.15, -0.1) is 0 Å². The number of nitrogens with zero attached hydrogens (tertiary/aromatic N) is 1. The van der Waals surface area contributed by atoms with Crippen molar-refractivity contribution in [1.29, 1.82) is 0 Å². The van der Waals surface area contributed by atoms with E-state index in [1.54, 1.807) is 6.20 Å². The molecule has 2 heterocycles. The summed E-state index contributed by atoms with van der Waals surface area (Å²) in [6.45, 7) is 3.96. The van der Waals surface area contributed by atoms with E-state index in [0.717, 1.165) is 24.2 Å². The average molecular weight is 312 g/mol. The summed E-state index contributed by atoms with van der Waals surface area (Å²) in [6.07, 6.45) is 5.20. The van der Waals surface area contributed by atoms with Gasteiger partial charge in [0.25, 0.3) is 0 Å². The Hall–Kier alpha value is -1.14. The minimum absolute atomic E-state index is 0.103. The molecule has 2 rings (SSSR count). The second kappa shape index (κ2) is 6.75. The van der Waals surface area contributed by atoms with E-state index in [-0.39, 0.29) is 18.1 Å². The van der Waals surface area contributed by atoms with E-state index >= 15 is 0 Å². The Labute approximate surface area is 127 Å². The van der Waals surface area contributed by atoms with Crippen molar-refractivity contribution in [2.24, 2.45) is 5.92 Å². The topological polar surface area (TPSA) is 68.3 Å². The first-order valence-electron chi connectivity index (χ1n) is 7.39. The van der Waals surface area contributed by atoms with E-state index in [4.69, 9.17) is 4.74 Å². The van der Waals surface area contributed by atoms with Crippen LogP contribution in [-0.2, 0) is 9.84 Å². The Morgan fingerprint density at radius 3 is 2.76 bits per heavy atom. The lowest BCUT2D eigenvalue weighted by Crippen LogP contribution is -2.21. The van der Waals surface area contributed by atoms with E-state index in [1.807, 2.05) is 33.2 Å². The normalized spacial score (nSPS) is 22.4. The highest BCUT2D eigenvalue weighted by Gasteiger charge is 2.30. The fourth-order valence-electron chi connectivity index (χ4n) is 2.77. The van der Waals surface area contributed by atoms with Crippen molar-refractivity contribution in [2.45, 2.75) is 38.8 Å². The third kappa shape index (κ3) is 4.68. The fourth-order valence-corrected chi connectivity index (χ4v) is 4.65. The van der Waals surface area contributed by atoms with E-state index in [9.17, 15) is 8.42 Å². The van der Waals surface area contributed by atoms with Gasteiger partial charge in [-0.05, 0) is 51.3 Å². The summed E-state index contributed by atoms with van der Waals surface area (Å²) in [5.41, 5.74) is 1.04. The molecule has 0 bridgehead atoms. The fraction of sp³-hybridized carbons (Fsp3) is 0.667. The largest absolute Gasteiger partial charge is 0.489 e. The maximum atomic E-state index is 11.6. The molecule has 21 heavy (non-hydrogen) atoms. The molecule has 2 unspecified atom stereocenters. The van der Waals surface area contributed by atoms with Crippen LogP contribution < -0.4 is 10.1 Å². The van der Waals surface area contributed by atoms with Crippen molar-refractivity contribution in [3.05, 3.63) is 24.0 Å². The third-order valence-electron chi connectivity index (χ3n) is 3.75. The molecule has 0 saturated carbocycles. The van der Waals surface area contributed by atoms with Crippen molar-refractivity contribution in [1.82, 2.24) is 10.3 Å². The van der Waals surface area contributed by atoms with Crippen LogP contribution in [0.5, 0.6) is 5.75 Å². The molecule has 5 nitrogen and oxygen atoms in total. The highest BCUT2D eigenvalue weighted by atomic mass is 32.2. The second-order valence-corrected chi connectivity index (χ2v) is 8.20. The summed E-state index contributed by atoms with van der Waals surface area (Å²) < 4.78 is 28.8. The lowest BCUT2D eigenvalue weighted by atomic mass is 9.95. The molecule has 1 N–H and O–H groups in total. The van der Waals surface area contributed by atoms with Crippen molar-refractivity contribution in [3.8, 4) is 5.75 Å². The maximum absolute atomic E-state index is 11.6. The van der Waals surface area contributed by atoms with E-state index < -0.39 is 9.84 Å². The molecule has 0 spiro atoms. The van der Waals surface area contributed by atoms with Crippen molar-refractivity contribution in [3.63, 3.8) is 0 Å². The van der Waals surface area contributed by atoms with E-state index in [0.29, 0.717) is 11.5 Å². The molecule has 0 amide bonds. The van der Waals surface area contributed by atoms with Crippen LogP contribution in [0.1, 0.15) is 38.3 Å². The van der Waals surface area contributed by atoms with Gasteiger partial charge in [-0.1, -0.05) is 0 Å². The van der Waals surface area contributed by atoms with Crippen LogP contribution in [-0.4, -0.2) is 38.1 Å². The summed E-state index contributed by atoms with van der Waals surface area (Å²) in [6, 6.07) is 2.09. The van der Waals surface area contributed by atoms with Crippen LogP contribution in [0, 0.1) is 5.92 Å². The zero-order valence-electron chi connectivity index (χ0n) is 12.9. The molecule has 1 aromatic rings. The number of pyridine rings is 1. The Morgan fingerprint density at radius 1 is 1.43 bits per heavy atom. The van der Waals surface area contributed by atoms with Crippen molar-refractivity contribution < 1.29 is 13.2 Å². The third-order valence-corrected chi connectivity index (χ3v) is 5.59. The number of aromatic nitrogens is 1. The molecular weight excluding hydrogens is 288 g/mol. The van der Waals surface area contributed by atoms with E-state index in [1.165, 1.54) is 0 Å². The first-order valence-corrected chi connectivity index (χ1v) is 9.21. The van der Waals surface area contributed by atoms with Crippen molar-refractivity contribution >= 4 is 9.84 Å². The van der Waals surface area contributed by atoms with Gasteiger partial charge >= 0.3 is 0 Å². The standard InChI is InChI=1S/C15H24N2O3S/c1-11(2)20-14-7-13(8-17-9-14)15(16-3)6-12-4-5-21(18,19)10-12/h7-9,11-12,15-16H,4-6,10H2,1-3H3. The van der Waals surface area contributed by atoms with Gasteiger partial charge < -0.3 is 10.1 Å². The molecule has 0 aromatic carbocycles. The smallest absolute Gasteiger partial charge is 0.150 e. The number of hydrogen-bond acceptors (Lipinski definition) is 5. The lowest BCUT2D eigenvalue weighted by Gasteiger charge is -2.20. The van der Waals surface area contributed by atoms with Gasteiger partial charge in [0.2, 0.25) is 0 Å². The molecule has 6 heteroatoms. The van der Waals surface area contributed by atoms with Crippen LogP contribution in [0.2, 0.25) is 0 Å². The quantitative estimate of drug-likeness (QED) is 0.869. The van der Waals surface area contributed by atoms with Crippen LogP contribution in [0.15, 0.2) is 18.5 Å². The molecule has 1 saturated heterocycles. The average Bonchev–Trinajstić information content (AvgIpc) is 2.75.